The number of aliphatic hydroxyl groups is 1. The number of rotatable bonds is 5. The Morgan fingerprint density at radius 3 is 2.30 bits per heavy atom. The third-order valence-corrected chi connectivity index (χ3v) is 1.93. The normalized spacial score (nSPS) is 16.8. The van der Waals surface area contributed by atoms with Crippen LogP contribution in [0.1, 0.15) is 33.6 Å². The summed E-state index contributed by atoms with van der Waals surface area (Å²) in [5.74, 6) is 0. The van der Waals surface area contributed by atoms with E-state index >= 15 is 0 Å². The fraction of sp³-hybridized carbons (Fsp3) is 1.00. The highest BCUT2D eigenvalue weighted by Gasteiger charge is 2.18. The van der Waals surface area contributed by atoms with E-state index in [9.17, 15) is 0 Å². The second kappa shape index (κ2) is 4.69. The maximum absolute atomic E-state index is 8.95. The summed E-state index contributed by atoms with van der Waals surface area (Å²) in [6.07, 6.45) is 2.10. The van der Waals surface area contributed by atoms with Gasteiger partial charge in [0.2, 0.25) is 0 Å². The van der Waals surface area contributed by atoms with Crippen LogP contribution in [0, 0.1) is 0 Å². The van der Waals surface area contributed by atoms with Crippen molar-refractivity contribution in [3.05, 3.63) is 0 Å². The molecule has 0 bridgehead atoms. The van der Waals surface area contributed by atoms with E-state index < -0.39 is 0 Å². The van der Waals surface area contributed by atoms with E-state index in [4.69, 9.17) is 5.11 Å². The lowest BCUT2D eigenvalue weighted by Gasteiger charge is -2.26. The molecule has 0 amide bonds. The lowest BCUT2D eigenvalue weighted by molar-refractivity contribution is 0.171. The van der Waals surface area contributed by atoms with Crippen molar-refractivity contribution in [2.75, 3.05) is 13.2 Å². The quantitative estimate of drug-likeness (QED) is 0.608. The van der Waals surface area contributed by atoms with Crippen LogP contribution in [0.15, 0.2) is 0 Å². The van der Waals surface area contributed by atoms with Gasteiger partial charge in [-0.3, -0.25) is 0 Å². The van der Waals surface area contributed by atoms with Crippen molar-refractivity contribution >= 4 is 0 Å². The Labute approximate surface area is 63.6 Å². The standard InChI is InChI=1S/C8H19NO/c1-4-6-9-8(3,5-2)7-10/h9-10H,4-7H2,1-3H3. The van der Waals surface area contributed by atoms with Crippen molar-refractivity contribution in [1.82, 2.24) is 5.32 Å². The molecule has 0 radical (unpaired) electrons. The summed E-state index contributed by atoms with van der Waals surface area (Å²) in [4.78, 5) is 0. The molecule has 2 nitrogen and oxygen atoms in total. The molecule has 1 atom stereocenters. The maximum Gasteiger partial charge on any atom is 0.0610 e. The Hall–Kier alpha value is -0.0800. The lowest BCUT2D eigenvalue weighted by Crippen LogP contribution is -2.45. The molecule has 0 rings (SSSR count). The van der Waals surface area contributed by atoms with Crippen LogP contribution in [0.4, 0.5) is 0 Å². The summed E-state index contributed by atoms with van der Waals surface area (Å²) in [7, 11) is 0. The molecular weight excluding hydrogens is 126 g/mol. The van der Waals surface area contributed by atoms with E-state index in [1.807, 2.05) is 6.92 Å². The zero-order chi connectivity index (χ0) is 8.04. The van der Waals surface area contributed by atoms with E-state index in [0.717, 1.165) is 19.4 Å². The Morgan fingerprint density at radius 1 is 1.40 bits per heavy atom. The first-order valence-corrected chi connectivity index (χ1v) is 4.04. The van der Waals surface area contributed by atoms with Gasteiger partial charge in [0, 0.05) is 5.54 Å². The third-order valence-electron chi connectivity index (χ3n) is 1.93. The van der Waals surface area contributed by atoms with E-state index in [0.29, 0.717) is 0 Å². The Balaban J connectivity index is 3.58. The number of hydrogen-bond donors (Lipinski definition) is 2. The van der Waals surface area contributed by atoms with E-state index in [-0.39, 0.29) is 12.1 Å². The van der Waals surface area contributed by atoms with Crippen LogP contribution >= 0.6 is 0 Å². The third kappa shape index (κ3) is 3.18. The molecule has 0 heterocycles. The van der Waals surface area contributed by atoms with Crippen molar-refractivity contribution in [3.8, 4) is 0 Å². The van der Waals surface area contributed by atoms with Gasteiger partial charge in [-0.15, -0.1) is 0 Å². The summed E-state index contributed by atoms with van der Waals surface area (Å²) in [6, 6.07) is 0. The second-order valence-electron chi connectivity index (χ2n) is 3.00. The maximum atomic E-state index is 8.95. The van der Waals surface area contributed by atoms with Crippen molar-refractivity contribution in [1.29, 1.82) is 0 Å². The Kier molecular flexibility index (Phi) is 4.65. The SMILES string of the molecule is CCCNC(C)(CC)CO. The average Bonchev–Trinajstić information content (AvgIpc) is 2.00. The summed E-state index contributed by atoms with van der Waals surface area (Å²) in [6.45, 7) is 7.47. The first-order valence-electron chi connectivity index (χ1n) is 4.04. The minimum atomic E-state index is -0.0595. The number of nitrogens with one attached hydrogen (secondary N) is 1. The Morgan fingerprint density at radius 2 is 2.00 bits per heavy atom. The van der Waals surface area contributed by atoms with Crippen LogP contribution in [0.3, 0.4) is 0 Å². The van der Waals surface area contributed by atoms with Crippen molar-refractivity contribution in [2.24, 2.45) is 0 Å². The molecular formula is C8H19NO. The van der Waals surface area contributed by atoms with Gasteiger partial charge in [-0.25, -0.2) is 0 Å². The fourth-order valence-corrected chi connectivity index (χ4v) is 0.719. The minimum absolute atomic E-state index is 0.0595. The first kappa shape index (κ1) is 9.92. The van der Waals surface area contributed by atoms with Gasteiger partial charge in [-0.2, -0.15) is 0 Å². The van der Waals surface area contributed by atoms with Gasteiger partial charge in [0.15, 0.2) is 0 Å². The van der Waals surface area contributed by atoms with E-state index in [2.05, 4.69) is 19.2 Å². The monoisotopic (exact) mass is 145 g/mol. The van der Waals surface area contributed by atoms with Crippen LogP contribution in [0.25, 0.3) is 0 Å². The molecule has 2 heteroatoms. The van der Waals surface area contributed by atoms with Crippen LogP contribution in [-0.2, 0) is 0 Å². The molecule has 0 aromatic carbocycles. The lowest BCUT2D eigenvalue weighted by atomic mass is 10.0. The van der Waals surface area contributed by atoms with Crippen LogP contribution in [-0.4, -0.2) is 23.8 Å². The van der Waals surface area contributed by atoms with Gasteiger partial charge in [0.25, 0.3) is 0 Å². The molecule has 0 aromatic rings. The van der Waals surface area contributed by atoms with Crippen LogP contribution in [0.5, 0.6) is 0 Å². The van der Waals surface area contributed by atoms with Crippen LogP contribution in [0.2, 0.25) is 0 Å². The summed E-state index contributed by atoms with van der Waals surface area (Å²) < 4.78 is 0. The Bertz CT molecular complexity index is 79.3. The van der Waals surface area contributed by atoms with Gasteiger partial charge in [-0.1, -0.05) is 13.8 Å². The van der Waals surface area contributed by atoms with E-state index in [1.165, 1.54) is 0 Å². The summed E-state index contributed by atoms with van der Waals surface area (Å²) >= 11 is 0. The van der Waals surface area contributed by atoms with E-state index in [1.54, 1.807) is 0 Å². The number of aliphatic hydroxyl groups excluding tert-OH is 1. The highest BCUT2D eigenvalue weighted by molar-refractivity contribution is 4.79. The number of hydrogen-bond acceptors (Lipinski definition) is 2. The van der Waals surface area contributed by atoms with Crippen LogP contribution < -0.4 is 5.32 Å². The van der Waals surface area contributed by atoms with Crippen molar-refractivity contribution < 1.29 is 5.11 Å². The smallest absolute Gasteiger partial charge is 0.0610 e. The van der Waals surface area contributed by atoms with Crippen molar-refractivity contribution in [3.63, 3.8) is 0 Å². The minimum Gasteiger partial charge on any atom is -0.394 e. The van der Waals surface area contributed by atoms with Gasteiger partial charge >= 0.3 is 0 Å². The molecule has 0 aliphatic heterocycles. The van der Waals surface area contributed by atoms with Gasteiger partial charge in [0.05, 0.1) is 6.61 Å². The zero-order valence-electron chi connectivity index (χ0n) is 7.28. The fourth-order valence-electron chi connectivity index (χ4n) is 0.719. The predicted molar refractivity (Wildman–Crippen MR) is 44.1 cm³/mol. The van der Waals surface area contributed by atoms with Gasteiger partial charge in [0.1, 0.15) is 0 Å². The first-order chi connectivity index (χ1) is 4.68. The van der Waals surface area contributed by atoms with Gasteiger partial charge in [-0.05, 0) is 26.3 Å². The zero-order valence-corrected chi connectivity index (χ0v) is 7.28. The molecule has 0 aromatic heterocycles. The van der Waals surface area contributed by atoms with Gasteiger partial charge < -0.3 is 10.4 Å². The molecule has 0 spiro atoms. The average molecular weight is 145 g/mol. The molecule has 0 aliphatic rings. The largest absolute Gasteiger partial charge is 0.394 e. The summed E-state index contributed by atoms with van der Waals surface area (Å²) in [5.41, 5.74) is -0.0595. The highest BCUT2D eigenvalue weighted by Crippen LogP contribution is 2.06. The highest BCUT2D eigenvalue weighted by atomic mass is 16.3. The molecule has 62 valence electrons. The molecule has 0 saturated heterocycles. The predicted octanol–water partition coefficient (Wildman–Crippen LogP) is 1.15. The van der Waals surface area contributed by atoms with Crippen molar-refractivity contribution in [2.45, 2.75) is 39.2 Å². The topological polar surface area (TPSA) is 32.3 Å². The molecule has 1 unspecified atom stereocenters. The second-order valence-corrected chi connectivity index (χ2v) is 3.00. The molecule has 2 N–H and O–H groups in total. The molecule has 0 saturated carbocycles. The molecule has 0 fully saturated rings. The molecule has 10 heavy (non-hydrogen) atoms. The molecule has 0 aliphatic carbocycles. The summed E-state index contributed by atoms with van der Waals surface area (Å²) in [5, 5.41) is 12.2.